The van der Waals surface area contributed by atoms with Gasteiger partial charge in [0, 0.05) is 6.20 Å². The van der Waals surface area contributed by atoms with Crippen molar-refractivity contribution in [3.63, 3.8) is 0 Å². The van der Waals surface area contributed by atoms with Crippen molar-refractivity contribution in [2.75, 3.05) is 18.0 Å². The van der Waals surface area contributed by atoms with Gasteiger partial charge in [-0.3, -0.25) is 0 Å². The first-order chi connectivity index (χ1) is 7.33. The minimum Gasteiger partial charge on any atom is -0.425 e. The van der Waals surface area contributed by atoms with Crippen molar-refractivity contribution < 1.29 is 14.3 Å². The minimum atomic E-state index is -0.550. The normalized spacial score (nSPS) is 28.5. The smallest absolute Gasteiger partial charge is 0.425 e. The van der Waals surface area contributed by atoms with E-state index in [1.165, 1.54) is 0 Å². The summed E-state index contributed by atoms with van der Waals surface area (Å²) < 4.78 is 10.0. The molecule has 2 saturated heterocycles. The van der Waals surface area contributed by atoms with Crippen molar-refractivity contribution in [1.82, 2.24) is 4.98 Å². The second kappa shape index (κ2) is 3.12. The second-order valence-electron chi connectivity index (χ2n) is 3.66. The zero-order valence-corrected chi connectivity index (χ0v) is 8.00. The van der Waals surface area contributed by atoms with Crippen molar-refractivity contribution in [3.05, 3.63) is 24.4 Å². The molecule has 15 heavy (non-hydrogen) atoms. The fraction of sp³-hybridized carbons (Fsp3) is 0.400. The van der Waals surface area contributed by atoms with E-state index in [9.17, 15) is 4.79 Å². The van der Waals surface area contributed by atoms with Crippen molar-refractivity contribution >= 4 is 12.0 Å². The Morgan fingerprint density at radius 1 is 1.27 bits per heavy atom. The summed E-state index contributed by atoms with van der Waals surface area (Å²) in [6.07, 6.45) is 0.917. The van der Waals surface area contributed by atoms with E-state index in [4.69, 9.17) is 9.47 Å². The Kier molecular flexibility index (Phi) is 1.77. The highest BCUT2D eigenvalue weighted by Gasteiger charge is 2.44. The fourth-order valence-corrected chi connectivity index (χ4v) is 1.97. The number of nitrogens with zero attached hydrogens (tertiary/aromatic N) is 2. The summed E-state index contributed by atoms with van der Waals surface area (Å²) in [5.41, 5.74) is 0. The predicted molar refractivity (Wildman–Crippen MR) is 51.6 cm³/mol. The molecule has 0 bridgehead atoms. The molecule has 3 heterocycles. The number of fused-ring (bicyclic) bond motifs is 1. The van der Waals surface area contributed by atoms with E-state index < -0.39 is 6.16 Å². The van der Waals surface area contributed by atoms with Crippen molar-refractivity contribution in [3.8, 4) is 0 Å². The Labute approximate surface area is 86.6 Å². The first-order valence-corrected chi connectivity index (χ1v) is 4.86. The third-order valence-electron chi connectivity index (χ3n) is 2.68. The zero-order valence-electron chi connectivity index (χ0n) is 8.00. The number of rotatable bonds is 1. The van der Waals surface area contributed by atoms with Gasteiger partial charge in [-0.1, -0.05) is 6.07 Å². The number of anilines is 1. The van der Waals surface area contributed by atoms with Gasteiger partial charge >= 0.3 is 6.16 Å². The van der Waals surface area contributed by atoms with Crippen LogP contribution in [0.25, 0.3) is 0 Å². The molecule has 0 spiro atoms. The molecular formula is C10H10N2O3. The van der Waals surface area contributed by atoms with Crippen LogP contribution in [0.2, 0.25) is 0 Å². The van der Waals surface area contributed by atoms with Crippen LogP contribution in [0.15, 0.2) is 24.4 Å². The average Bonchev–Trinajstić information content (AvgIpc) is 2.76. The number of carbonyl (C=O) groups is 1. The van der Waals surface area contributed by atoms with E-state index in [0.29, 0.717) is 13.1 Å². The fourth-order valence-electron chi connectivity index (χ4n) is 1.97. The first-order valence-electron chi connectivity index (χ1n) is 4.86. The quantitative estimate of drug-likeness (QED) is 0.636. The Balaban J connectivity index is 1.76. The van der Waals surface area contributed by atoms with Gasteiger partial charge in [-0.2, -0.15) is 0 Å². The number of pyridine rings is 1. The molecule has 0 aromatic carbocycles. The molecule has 0 aliphatic carbocycles. The van der Waals surface area contributed by atoms with E-state index in [1.54, 1.807) is 6.20 Å². The monoisotopic (exact) mass is 206 g/mol. The van der Waals surface area contributed by atoms with Gasteiger partial charge in [0.2, 0.25) is 0 Å². The number of hydrogen-bond acceptors (Lipinski definition) is 5. The molecule has 2 aliphatic rings. The maximum absolute atomic E-state index is 10.8. The summed E-state index contributed by atoms with van der Waals surface area (Å²) >= 11 is 0. The lowest BCUT2D eigenvalue weighted by Crippen LogP contribution is -2.24. The van der Waals surface area contributed by atoms with Crippen LogP contribution in [0.4, 0.5) is 10.6 Å². The molecule has 0 N–H and O–H groups in total. The predicted octanol–water partition coefficient (Wildman–Crippen LogP) is 0.806. The Hall–Kier alpha value is -1.78. The van der Waals surface area contributed by atoms with Gasteiger partial charge in [0.05, 0.1) is 13.1 Å². The topological polar surface area (TPSA) is 51.7 Å². The van der Waals surface area contributed by atoms with Crippen LogP contribution in [-0.2, 0) is 9.47 Å². The summed E-state index contributed by atoms with van der Waals surface area (Å²) in [4.78, 5) is 17.1. The summed E-state index contributed by atoms with van der Waals surface area (Å²) in [6, 6.07) is 5.74. The standard InChI is InChI=1S/C10H10N2O3/c13-10-14-7-5-12(6-8(7)15-10)9-3-1-2-4-11-9/h1-4,7-8H,5-6H2/t7-,8+. The molecule has 5 heteroatoms. The second-order valence-corrected chi connectivity index (χ2v) is 3.66. The molecule has 5 nitrogen and oxygen atoms in total. The number of ether oxygens (including phenoxy) is 2. The maximum atomic E-state index is 10.8. The van der Waals surface area contributed by atoms with Crippen molar-refractivity contribution in [2.45, 2.75) is 12.2 Å². The Bertz CT molecular complexity index is 366. The lowest BCUT2D eigenvalue weighted by Gasteiger charge is -2.16. The molecular weight excluding hydrogens is 196 g/mol. The van der Waals surface area contributed by atoms with Gasteiger partial charge in [-0.05, 0) is 12.1 Å². The Morgan fingerprint density at radius 2 is 2.00 bits per heavy atom. The summed E-state index contributed by atoms with van der Waals surface area (Å²) in [6.45, 7) is 1.32. The van der Waals surface area contributed by atoms with Crippen LogP contribution in [0.1, 0.15) is 0 Å². The van der Waals surface area contributed by atoms with Gasteiger partial charge in [0.1, 0.15) is 5.82 Å². The summed E-state index contributed by atoms with van der Waals surface area (Å²) in [5.74, 6) is 0.895. The molecule has 0 radical (unpaired) electrons. The lowest BCUT2D eigenvalue weighted by molar-refractivity contribution is 0.113. The van der Waals surface area contributed by atoms with Gasteiger partial charge in [-0.15, -0.1) is 0 Å². The van der Waals surface area contributed by atoms with Crippen LogP contribution in [0.3, 0.4) is 0 Å². The molecule has 3 rings (SSSR count). The largest absolute Gasteiger partial charge is 0.509 e. The van der Waals surface area contributed by atoms with Gasteiger partial charge in [-0.25, -0.2) is 9.78 Å². The van der Waals surface area contributed by atoms with E-state index in [0.717, 1.165) is 5.82 Å². The SMILES string of the molecule is O=C1O[C@H]2CN(c3ccccn3)C[C@H]2O1. The van der Waals surface area contributed by atoms with Crippen LogP contribution in [0, 0.1) is 0 Å². The minimum absolute atomic E-state index is 0.139. The van der Waals surface area contributed by atoms with Crippen LogP contribution >= 0.6 is 0 Å². The highest BCUT2D eigenvalue weighted by molar-refractivity contribution is 5.63. The lowest BCUT2D eigenvalue weighted by atomic mass is 10.3. The molecule has 0 amide bonds. The van der Waals surface area contributed by atoms with Gasteiger partial charge in [0.15, 0.2) is 12.2 Å². The molecule has 2 fully saturated rings. The third-order valence-corrected chi connectivity index (χ3v) is 2.68. The number of aromatic nitrogens is 1. The van der Waals surface area contributed by atoms with E-state index >= 15 is 0 Å². The summed E-state index contributed by atoms with van der Waals surface area (Å²) in [7, 11) is 0. The highest BCUT2D eigenvalue weighted by Crippen LogP contribution is 2.26. The molecule has 1 aromatic rings. The molecule has 0 saturated carbocycles. The first kappa shape index (κ1) is 8.52. The highest BCUT2D eigenvalue weighted by atomic mass is 16.8. The average molecular weight is 206 g/mol. The number of hydrogen-bond donors (Lipinski definition) is 0. The van der Waals surface area contributed by atoms with Crippen LogP contribution < -0.4 is 4.90 Å². The van der Waals surface area contributed by atoms with Crippen LogP contribution in [-0.4, -0.2) is 36.4 Å². The molecule has 1 aromatic heterocycles. The van der Waals surface area contributed by atoms with E-state index in [-0.39, 0.29) is 12.2 Å². The van der Waals surface area contributed by atoms with E-state index in [1.807, 2.05) is 18.2 Å². The Morgan fingerprint density at radius 3 is 2.60 bits per heavy atom. The van der Waals surface area contributed by atoms with Crippen LogP contribution in [0.5, 0.6) is 0 Å². The third kappa shape index (κ3) is 1.40. The molecule has 0 unspecified atom stereocenters. The maximum Gasteiger partial charge on any atom is 0.509 e. The van der Waals surface area contributed by atoms with E-state index in [2.05, 4.69) is 9.88 Å². The molecule has 2 atom stereocenters. The number of carbonyl (C=O) groups excluding carboxylic acids is 1. The summed E-state index contributed by atoms with van der Waals surface area (Å²) in [5, 5.41) is 0. The molecule has 78 valence electrons. The van der Waals surface area contributed by atoms with Crippen molar-refractivity contribution in [2.24, 2.45) is 0 Å². The van der Waals surface area contributed by atoms with Gasteiger partial charge < -0.3 is 14.4 Å². The van der Waals surface area contributed by atoms with Gasteiger partial charge in [0.25, 0.3) is 0 Å². The van der Waals surface area contributed by atoms with Crippen molar-refractivity contribution in [1.29, 1.82) is 0 Å². The zero-order chi connectivity index (χ0) is 10.3. The molecule has 2 aliphatic heterocycles.